The number of hydrogen-bond acceptors (Lipinski definition) is 7. The molecule has 6 nitrogen and oxygen atoms in total. The molecule has 2 aromatic heterocycles. The molecule has 3 atom stereocenters. The maximum atomic E-state index is 12.9. The monoisotopic (exact) mass is 365 g/mol. The van der Waals surface area contributed by atoms with Crippen LogP contribution in [0.2, 0.25) is 0 Å². The summed E-state index contributed by atoms with van der Waals surface area (Å²) in [6.07, 6.45) is 6.80. The van der Waals surface area contributed by atoms with Gasteiger partial charge in [0.1, 0.15) is 12.1 Å². The summed E-state index contributed by atoms with van der Waals surface area (Å²) < 4.78 is 12.9. The average Bonchev–Trinajstić information content (AvgIpc) is 3.04. The molecule has 0 saturated carbocycles. The van der Waals surface area contributed by atoms with E-state index < -0.39 is 12.0 Å². The largest absolute Gasteiger partial charge is 0.374 e. The lowest BCUT2D eigenvalue weighted by Crippen LogP contribution is -2.37. The summed E-state index contributed by atoms with van der Waals surface area (Å²) in [6, 6.07) is 0.277. The van der Waals surface area contributed by atoms with Crippen molar-refractivity contribution in [3.05, 3.63) is 35.1 Å². The van der Waals surface area contributed by atoms with E-state index in [0.717, 1.165) is 37.5 Å². The highest BCUT2D eigenvalue weighted by Gasteiger charge is 2.26. The molecule has 1 unspecified atom stereocenters. The van der Waals surface area contributed by atoms with Gasteiger partial charge in [0.25, 0.3) is 0 Å². The van der Waals surface area contributed by atoms with Crippen molar-refractivity contribution in [3.8, 4) is 0 Å². The predicted octanol–water partition coefficient (Wildman–Crippen LogP) is 2.84. The third-order valence-corrected chi connectivity index (χ3v) is 5.61. The molecule has 0 amide bonds. The van der Waals surface area contributed by atoms with E-state index in [-0.39, 0.29) is 6.04 Å². The van der Waals surface area contributed by atoms with Crippen molar-refractivity contribution in [3.63, 3.8) is 0 Å². The molecule has 0 radical (unpaired) electrons. The van der Waals surface area contributed by atoms with E-state index >= 15 is 0 Å². The minimum atomic E-state index is -0.607. The van der Waals surface area contributed by atoms with Gasteiger partial charge >= 0.3 is 0 Å². The van der Waals surface area contributed by atoms with Crippen molar-refractivity contribution in [1.82, 2.24) is 19.9 Å². The average molecular weight is 365 g/mol. The van der Waals surface area contributed by atoms with Crippen LogP contribution in [0.5, 0.6) is 0 Å². The Morgan fingerprint density at radius 2 is 2.08 bits per heavy atom. The van der Waals surface area contributed by atoms with Crippen molar-refractivity contribution in [1.29, 1.82) is 0 Å². The first kappa shape index (κ1) is 18.2. The fraction of sp³-hybridized carbons (Fsp3) is 0.588. The van der Waals surface area contributed by atoms with E-state index in [2.05, 4.69) is 32.1 Å². The Kier molecular flexibility index (Phi) is 5.93. The van der Waals surface area contributed by atoms with Crippen LogP contribution in [-0.2, 0) is 6.42 Å². The van der Waals surface area contributed by atoms with Gasteiger partial charge in [-0.2, -0.15) is 0 Å². The summed E-state index contributed by atoms with van der Waals surface area (Å²) in [5.74, 6) is 0.793. The Morgan fingerprint density at radius 1 is 1.32 bits per heavy atom. The van der Waals surface area contributed by atoms with Gasteiger partial charge in [0, 0.05) is 30.1 Å². The fourth-order valence-corrected chi connectivity index (χ4v) is 4.21. The zero-order valence-electron chi connectivity index (χ0n) is 14.5. The van der Waals surface area contributed by atoms with E-state index in [0.29, 0.717) is 11.7 Å². The normalized spacial score (nSPS) is 21.0. The second kappa shape index (κ2) is 8.16. The lowest BCUT2D eigenvalue weighted by Gasteiger charge is -2.36. The molecular weight excluding hydrogens is 341 g/mol. The van der Waals surface area contributed by atoms with Gasteiger partial charge in [-0.25, -0.2) is 19.3 Å². The summed E-state index contributed by atoms with van der Waals surface area (Å²) >= 11 is 1.58. The minimum absolute atomic E-state index is 0.277. The first-order valence-electron chi connectivity index (χ1n) is 8.62. The molecule has 1 aliphatic heterocycles. The van der Waals surface area contributed by atoms with Crippen molar-refractivity contribution < 1.29 is 9.50 Å². The molecule has 3 heterocycles. The van der Waals surface area contributed by atoms with Crippen LogP contribution in [0.15, 0.2) is 18.6 Å². The number of nitrogens with zero attached hydrogens (tertiary/aromatic N) is 4. The van der Waals surface area contributed by atoms with Crippen LogP contribution in [0.4, 0.5) is 9.52 Å². The highest BCUT2D eigenvalue weighted by molar-refractivity contribution is 7.15. The minimum Gasteiger partial charge on any atom is -0.374 e. The second-order valence-electron chi connectivity index (χ2n) is 6.59. The lowest BCUT2D eigenvalue weighted by atomic mass is 9.93. The number of thiazole rings is 1. The van der Waals surface area contributed by atoms with Crippen LogP contribution < -0.4 is 5.32 Å². The number of piperidine rings is 1. The Bertz CT molecular complexity index is 678. The Morgan fingerprint density at radius 3 is 2.80 bits per heavy atom. The third kappa shape index (κ3) is 4.93. The number of nitrogens with one attached hydrogen (secondary N) is 1. The van der Waals surface area contributed by atoms with E-state index in [9.17, 15) is 9.50 Å². The van der Waals surface area contributed by atoms with Gasteiger partial charge in [0.05, 0.1) is 12.4 Å². The standard InChI is InChI=1S/C17H24FN5OS/c1-11(15-9-21-17(25-15)22-12(2)24)23-5-3-4-13(10-23)6-16-19-7-14(18)8-20-16/h7-9,11-13,24H,3-6,10H2,1-2H3,(H,21,22)/t11-,12?,13-/m1/s1. The van der Waals surface area contributed by atoms with Crippen LogP contribution in [0, 0.1) is 11.7 Å². The summed E-state index contributed by atoms with van der Waals surface area (Å²) in [4.78, 5) is 16.1. The quantitative estimate of drug-likeness (QED) is 0.767. The molecule has 0 spiro atoms. The Balaban J connectivity index is 1.60. The van der Waals surface area contributed by atoms with E-state index in [1.54, 1.807) is 18.3 Å². The maximum Gasteiger partial charge on any atom is 0.184 e. The van der Waals surface area contributed by atoms with Gasteiger partial charge in [0.15, 0.2) is 10.9 Å². The molecule has 1 fully saturated rings. The molecule has 1 saturated heterocycles. The Hall–Kier alpha value is -1.64. The van der Waals surface area contributed by atoms with Crippen molar-refractivity contribution in [2.45, 2.75) is 45.4 Å². The third-order valence-electron chi connectivity index (χ3n) is 4.51. The molecule has 25 heavy (non-hydrogen) atoms. The number of aromatic nitrogens is 3. The SMILES string of the molecule is CC(O)Nc1ncc([C@@H](C)N2CCC[C@H](Cc3ncc(F)cn3)C2)s1. The second-order valence-corrected chi connectivity index (χ2v) is 7.65. The first-order chi connectivity index (χ1) is 12.0. The first-order valence-corrected chi connectivity index (χ1v) is 9.43. The van der Waals surface area contributed by atoms with E-state index in [1.165, 1.54) is 17.3 Å². The number of aliphatic hydroxyl groups is 1. The molecule has 2 N–H and O–H groups in total. The summed E-state index contributed by atoms with van der Waals surface area (Å²) in [5, 5.41) is 13.1. The number of rotatable bonds is 6. The van der Waals surface area contributed by atoms with Gasteiger partial charge in [-0.05, 0) is 39.2 Å². The zero-order valence-corrected chi connectivity index (χ0v) is 15.3. The van der Waals surface area contributed by atoms with E-state index in [1.807, 2.05) is 6.20 Å². The molecule has 2 aromatic rings. The zero-order chi connectivity index (χ0) is 17.8. The van der Waals surface area contributed by atoms with Gasteiger partial charge in [-0.3, -0.25) is 4.90 Å². The lowest BCUT2D eigenvalue weighted by molar-refractivity contribution is 0.132. The number of aliphatic hydroxyl groups excluding tert-OH is 1. The predicted molar refractivity (Wildman–Crippen MR) is 95.8 cm³/mol. The molecule has 0 aliphatic carbocycles. The smallest absolute Gasteiger partial charge is 0.184 e. The number of likely N-dealkylation sites (tertiary alicyclic amines) is 1. The van der Waals surface area contributed by atoms with Crippen LogP contribution in [0.25, 0.3) is 0 Å². The summed E-state index contributed by atoms with van der Waals surface area (Å²) in [6.45, 7) is 5.89. The summed E-state index contributed by atoms with van der Waals surface area (Å²) in [7, 11) is 0. The van der Waals surface area contributed by atoms with E-state index in [4.69, 9.17) is 0 Å². The highest BCUT2D eigenvalue weighted by atomic mass is 32.1. The van der Waals surface area contributed by atoms with Crippen molar-refractivity contribution in [2.75, 3.05) is 18.4 Å². The van der Waals surface area contributed by atoms with Crippen LogP contribution in [-0.4, -0.2) is 44.3 Å². The Labute approximate surface area is 151 Å². The molecule has 0 aromatic carbocycles. The van der Waals surface area contributed by atoms with Crippen LogP contribution in [0.3, 0.4) is 0 Å². The van der Waals surface area contributed by atoms with Gasteiger partial charge in [0.2, 0.25) is 0 Å². The molecular formula is C17H24FN5OS. The number of halogens is 1. The van der Waals surface area contributed by atoms with Crippen LogP contribution >= 0.6 is 11.3 Å². The molecule has 0 bridgehead atoms. The maximum absolute atomic E-state index is 12.9. The highest BCUT2D eigenvalue weighted by Crippen LogP contribution is 2.32. The van der Waals surface area contributed by atoms with Gasteiger partial charge in [-0.15, -0.1) is 11.3 Å². The number of anilines is 1. The molecule has 8 heteroatoms. The molecule has 1 aliphatic rings. The summed E-state index contributed by atoms with van der Waals surface area (Å²) in [5.41, 5.74) is 0. The fourth-order valence-electron chi connectivity index (χ4n) is 3.22. The molecule has 136 valence electrons. The number of hydrogen-bond donors (Lipinski definition) is 2. The van der Waals surface area contributed by atoms with Gasteiger partial charge in [-0.1, -0.05) is 0 Å². The van der Waals surface area contributed by atoms with Crippen LogP contribution in [0.1, 0.15) is 43.4 Å². The topological polar surface area (TPSA) is 74.2 Å². The van der Waals surface area contributed by atoms with Crippen molar-refractivity contribution >= 4 is 16.5 Å². The molecule has 3 rings (SSSR count). The van der Waals surface area contributed by atoms with Gasteiger partial charge < -0.3 is 10.4 Å². The van der Waals surface area contributed by atoms with Crippen molar-refractivity contribution in [2.24, 2.45) is 5.92 Å².